The molecule has 7 nitrogen and oxygen atoms in total. The molecular weight excluding hydrogens is 411 g/mol. The van der Waals surface area contributed by atoms with E-state index in [9.17, 15) is 30.0 Å². The maximum atomic E-state index is 12.6. The van der Waals surface area contributed by atoms with Crippen molar-refractivity contribution in [2.24, 2.45) is 17.3 Å². The van der Waals surface area contributed by atoms with Crippen LogP contribution in [0.1, 0.15) is 38.5 Å². The minimum absolute atomic E-state index is 0.0660. The molecule has 5 fully saturated rings. The van der Waals surface area contributed by atoms with Crippen molar-refractivity contribution in [2.45, 2.75) is 55.7 Å². The zero-order valence-corrected chi connectivity index (χ0v) is 16.1. The van der Waals surface area contributed by atoms with Gasteiger partial charge >= 0.3 is 15.5 Å². The molecule has 12 heteroatoms. The third-order valence-electron chi connectivity index (χ3n) is 6.14. The molecule has 0 spiro atoms. The number of nitrogens with one attached hydrogen (secondary N) is 1. The maximum Gasteiger partial charge on any atom is 0.512 e. The topological polar surface area (TPSA) is 102 Å². The fraction of sp³-hybridized carbons (Fsp3) is 1.00. The van der Waals surface area contributed by atoms with Gasteiger partial charge in [0.15, 0.2) is 0 Å². The van der Waals surface area contributed by atoms with Crippen LogP contribution in [0.5, 0.6) is 0 Å². The molecule has 5 aliphatic rings. The highest BCUT2D eigenvalue weighted by atomic mass is 32.3. The number of sulfonamides is 2. The summed E-state index contributed by atoms with van der Waals surface area (Å²) in [5.41, 5.74) is -6.90. The first kappa shape index (κ1) is 19.9. The average Bonchev–Trinajstić information content (AvgIpc) is 3.23. The Balaban J connectivity index is 1.52. The standard InChI is InChI=1S/C15H22F3NO6S2/c16-15(17,18)27(22,23)19-26(20,21)9-13-2-10-1-11(3-13)5-14(4-10,8-13)25-7-12-6-24-12/h10-12,19H,1-9H2. The number of hydrogen-bond acceptors (Lipinski definition) is 6. The van der Waals surface area contributed by atoms with Crippen molar-refractivity contribution in [2.75, 3.05) is 19.0 Å². The fourth-order valence-electron chi connectivity index (χ4n) is 5.78. The van der Waals surface area contributed by atoms with Gasteiger partial charge in [0.1, 0.15) is 6.10 Å². The van der Waals surface area contributed by atoms with Gasteiger partial charge in [0, 0.05) is 0 Å². The molecule has 3 unspecified atom stereocenters. The summed E-state index contributed by atoms with van der Waals surface area (Å²) in [4.78, 5) is 0. The van der Waals surface area contributed by atoms with Crippen molar-refractivity contribution >= 4 is 20.0 Å². The second kappa shape index (κ2) is 6.04. The van der Waals surface area contributed by atoms with Gasteiger partial charge < -0.3 is 9.47 Å². The minimum atomic E-state index is -5.95. The van der Waals surface area contributed by atoms with E-state index in [0.717, 1.165) is 23.4 Å². The third-order valence-corrected chi connectivity index (χ3v) is 9.64. The Morgan fingerprint density at radius 2 is 1.67 bits per heavy atom. The highest BCUT2D eigenvalue weighted by Gasteiger charge is 2.60. The van der Waals surface area contributed by atoms with Gasteiger partial charge in [0.05, 0.1) is 24.6 Å². The first-order chi connectivity index (χ1) is 12.3. The lowest BCUT2D eigenvalue weighted by Gasteiger charge is -2.61. The average molecular weight is 433 g/mol. The fourth-order valence-corrected chi connectivity index (χ4v) is 8.88. The second-order valence-corrected chi connectivity index (χ2v) is 12.4. The zero-order chi connectivity index (χ0) is 19.7. The normalized spacial score (nSPS) is 41.1. The van der Waals surface area contributed by atoms with Gasteiger partial charge in [-0.25, -0.2) is 16.8 Å². The summed E-state index contributed by atoms with van der Waals surface area (Å²) in [5, 5.41) is 0. The van der Waals surface area contributed by atoms with Crippen LogP contribution in [0.15, 0.2) is 0 Å². The Morgan fingerprint density at radius 1 is 1.07 bits per heavy atom. The van der Waals surface area contributed by atoms with Crippen LogP contribution in [0.2, 0.25) is 0 Å². The quantitative estimate of drug-likeness (QED) is 0.611. The van der Waals surface area contributed by atoms with Crippen LogP contribution in [0.3, 0.4) is 0 Å². The summed E-state index contributed by atoms with van der Waals surface area (Å²) in [6.45, 7) is 1.07. The van der Waals surface area contributed by atoms with Crippen molar-refractivity contribution < 1.29 is 39.5 Å². The molecule has 0 radical (unpaired) electrons. The van der Waals surface area contributed by atoms with Gasteiger partial charge in [0.25, 0.3) is 0 Å². The molecule has 1 heterocycles. The first-order valence-corrected chi connectivity index (χ1v) is 12.0. The minimum Gasteiger partial charge on any atom is -0.372 e. The van der Waals surface area contributed by atoms with Crippen LogP contribution >= 0.6 is 0 Å². The Morgan fingerprint density at radius 3 is 2.19 bits per heavy atom. The Labute approximate surface area is 156 Å². The highest BCUT2D eigenvalue weighted by molar-refractivity contribution is 8.05. The smallest absolute Gasteiger partial charge is 0.372 e. The molecule has 1 aliphatic heterocycles. The first-order valence-electron chi connectivity index (χ1n) is 8.89. The highest BCUT2D eigenvalue weighted by Crippen LogP contribution is 2.63. The van der Waals surface area contributed by atoms with Gasteiger partial charge in [-0.1, -0.05) is 0 Å². The van der Waals surface area contributed by atoms with E-state index in [0.29, 0.717) is 32.5 Å². The molecule has 0 aromatic rings. The van der Waals surface area contributed by atoms with Crippen LogP contribution < -0.4 is 4.13 Å². The molecule has 1 saturated heterocycles. The predicted molar refractivity (Wildman–Crippen MR) is 87.4 cm³/mol. The molecule has 0 amide bonds. The molecule has 156 valence electrons. The monoisotopic (exact) mass is 433 g/mol. The van der Waals surface area contributed by atoms with E-state index in [1.54, 1.807) is 0 Å². The van der Waals surface area contributed by atoms with Crippen molar-refractivity contribution in [1.82, 2.24) is 4.13 Å². The Hall–Kier alpha value is -0.430. The summed E-state index contributed by atoms with van der Waals surface area (Å²) in [7, 11) is -10.6. The number of alkyl halides is 3. The van der Waals surface area contributed by atoms with Gasteiger partial charge in [-0.3, -0.25) is 0 Å². The van der Waals surface area contributed by atoms with Crippen LogP contribution in [-0.2, 0) is 29.5 Å². The summed E-state index contributed by atoms with van der Waals surface area (Å²) in [6, 6.07) is 0. The molecule has 4 bridgehead atoms. The van der Waals surface area contributed by atoms with E-state index in [1.807, 2.05) is 0 Å². The van der Waals surface area contributed by atoms with Gasteiger partial charge in [-0.05, 0) is 55.8 Å². The van der Waals surface area contributed by atoms with Gasteiger partial charge in [-0.15, -0.1) is 4.13 Å². The maximum absolute atomic E-state index is 12.6. The van der Waals surface area contributed by atoms with E-state index >= 15 is 0 Å². The number of epoxide rings is 1. The van der Waals surface area contributed by atoms with Gasteiger partial charge in [-0.2, -0.15) is 13.2 Å². The van der Waals surface area contributed by atoms with E-state index in [2.05, 4.69) is 0 Å². The molecule has 27 heavy (non-hydrogen) atoms. The van der Waals surface area contributed by atoms with Crippen molar-refractivity contribution in [1.29, 1.82) is 0 Å². The summed E-state index contributed by atoms with van der Waals surface area (Å²) in [6.07, 6.45) is 4.21. The summed E-state index contributed by atoms with van der Waals surface area (Å²) >= 11 is 0. The van der Waals surface area contributed by atoms with E-state index in [4.69, 9.17) is 9.47 Å². The van der Waals surface area contributed by atoms with E-state index in [-0.39, 0.29) is 17.9 Å². The van der Waals surface area contributed by atoms with E-state index < -0.39 is 42.3 Å². The number of halogens is 3. The molecule has 4 aliphatic carbocycles. The number of rotatable bonds is 7. The molecule has 3 atom stereocenters. The number of hydrogen-bond donors (Lipinski definition) is 1. The molecule has 5 rings (SSSR count). The number of ether oxygens (including phenoxy) is 2. The SMILES string of the molecule is O=S(=O)(CC12CC3CC(C1)CC(OCC1CO1)(C3)C2)NS(=O)(=O)C(F)(F)F. The second-order valence-electron chi connectivity index (χ2n) is 8.70. The molecular formula is C15H22F3NO6S2. The predicted octanol–water partition coefficient (Wildman–Crippen LogP) is 1.51. The van der Waals surface area contributed by atoms with Crippen LogP contribution in [0, 0.1) is 17.3 Å². The van der Waals surface area contributed by atoms with Crippen molar-refractivity contribution in [3.8, 4) is 0 Å². The zero-order valence-electron chi connectivity index (χ0n) is 14.5. The molecule has 0 aromatic carbocycles. The van der Waals surface area contributed by atoms with E-state index in [1.165, 1.54) is 0 Å². The van der Waals surface area contributed by atoms with Crippen molar-refractivity contribution in [3.63, 3.8) is 0 Å². The Kier molecular flexibility index (Phi) is 4.44. The van der Waals surface area contributed by atoms with Crippen molar-refractivity contribution in [3.05, 3.63) is 0 Å². The molecule has 1 N–H and O–H groups in total. The summed E-state index contributed by atoms with van der Waals surface area (Å²) in [5.74, 6) is -0.130. The lowest BCUT2D eigenvalue weighted by atomic mass is 9.48. The van der Waals surface area contributed by atoms with Crippen LogP contribution in [0.4, 0.5) is 13.2 Å². The van der Waals surface area contributed by atoms with Crippen LogP contribution in [-0.4, -0.2) is 53.0 Å². The third kappa shape index (κ3) is 4.00. The summed E-state index contributed by atoms with van der Waals surface area (Å²) < 4.78 is 96.9. The molecule has 4 saturated carbocycles. The largest absolute Gasteiger partial charge is 0.512 e. The molecule has 0 aromatic heterocycles. The lowest BCUT2D eigenvalue weighted by molar-refractivity contribution is -0.188. The lowest BCUT2D eigenvalue weighted by Crippen LogP contribution is -2.59. The van der Waals surface area contributed by atoms with Gasteiger partial charge in [0.2, 0.25) is 10.0 Å². The Bertz CT molecular complexity index is 807. The van der Waals surface area contributed by atoms with Crippen LogP contribution in [0.25, 0.3) is 0 Å².